The summed E-state index contributed by atoms with van der Waals surface area (Å²) in [4.78, 5) is 3.63. The van der Waals surface area contributed by atoms with Gasteiger partial charge >= 0.3 is 0 Å². The summed E-state index contributed by atoms with van der Waals surface area (Å²) >= 11 is 5.85. The van der Waals surface area contributed by atoms with Gasteiger partial charge in [-0.25, -0.2) is 4.98 Å². The highest BCUT2D eigenvalue weighted by Gasteiger charge is 2.17. The van der Waals surface area contributed by atoms with E-state index in [2.05, 4.69) is 10.1 Å². The van der Waals surface area contributed by atoms with E-state index in [0.29, 0.717) is 10.6 Å². The molecule has 0 amide bonds. The molecule has 0 aliphatic heterocycles. The van der Waals surface area contributed by atoms with E-state index in [9.17, 15) is 4.39 Å². The van der Waals surface area contributed by atoms with Gasteiger partial charge in [0.05, 0.1) is 10.7 Å². The number of hydrogen-bond acceptors (Lipinski definition) is 2. The Labute approximate surface area is 104 Å². The van der Waals surface area contributed by atoms with Gasteiger partial charge in [-0.05, 0) is 12.0 Å². The van der Waals surface area contributed by atoms with Gasteiger partial charge in [-0.2, -0.15) is 9.49 Å². The van der Waals surface area contributed by atoms with Gasteiger partial charge in [0, 0.05) is 30.6 Å². The predicted octanol–water partition coefficient (Wildman–Crippen LogP) is 3.40. The monoisotopic (exact) mass is 253 g/mol. The van der Waals surface area contributed by atoms with Crippen molar-refractivity contribution in [2.75, 3.05) is 0 Å². The SMILES string of the molecule is CC(C)c1nn(C)cc1-c1cc(Cl)cnc1F. The van der Waals surface area contributed by atoms with E-state index in [0.717, 1.165) is 11.3 Å². The van der Waals surface area contributed by atoms with Crippen LogP contribution in [0.3, 0.4) is 0 Å². The molecule has 0 atom stereocenters. The van der Waals surface area contributed by atoms with Gasteiger partial charge in [0.25, 0.3) is 0 Å². The molecule has 0 aliphatic rings. The Morgan fingerprint density at radius 3 is 2.71 bits per heavy atom. The Bertz CT molecular complexity index is 549. The van der Waals surface area contributed by atoms with Crippen molar-refractivity contribution >= 4 is 11.6 Å². The molecule has 2 aromatic heterocycles. The molecular weight excluding hydrogens is 241 g/mol. The van der Waals surface area contributed by atoms with E-state index >= 15 is 0 Å². The van der Waals surface area contributed by atoms with Crippen LogP contribution in [0.15, 0.2) is 18.5 Å². The maximum absolute atomic E-state index is 13.7. The molecule has 0 saturated carbocycles. The van der Waals surface area contributed by atoms with Crippen LogP contribution in [0.25, 0.3) is 11.1 Å². The first kappa shape index (κ1) is 12.0. The third-order valence-electron chi connectivity index (χ3n) is 2.50. The molecule has 17 heavy (non-hydrogen) atoms. The Balaban J connectivity index is 2.63. The highest BCUT2D eigenvalue weighted by atomic mass is 35.5. The summed E-state index contributed by atoms with van der Waals surface area (Å²) in [6.07, 6.45) is 3.08. The van der Waals surface area contributed by atoms with Crippen LogP contribution in [0.2, 0.25) is 5.02 Å². The molecule has 0 bridgehead atoms. The van der Waals surface area contributed by atoms with Gasteiger partial charge in [-0.3, -0.25) is 4.68 Å². The fraction of sp³-hybridized carbons (Fsp3) is 0.333. The van der Waals surface area contributed by atoms with Gasteiger partial charge in [0.1, 0.15) is 0 Å². The molecule has 5 heteroatoms. The molecule has 2 rings (SSSR count). The van der Waals surface area contributed by atoms with Crippen LogP contribution in [0, 0.1) is 5.95 Å². The Morgan fingerprint density at radius 2 is 2.06 bits per heavy atom. The first-order valence-corrected chi connectivity index (χ1v) is 5.71. The molecule has 0 N–H and O–H groups in total. The van der Waals surface area contributed by atoms with E-state index in [1.807, 2.05) is 20.9 Å². The van der Waals surface area contributed by atoms with Crippen LogP contribution in [0.5, 0.6) is 0 Å². The highest BCUT2D eigenvalue weighted by Crippen LogP contribution is 2.30. The fourth-order valence-electron chi connectivity index (χ4n) is 1.75. The van der Waals surface area contributed by atoms with Crippen molar-refractivity contribution in [3.8, 4) is 11.1 Å². The maximum atomic E-state index is 13.7. The standard InChI is InChI=1S/C12H13ClFN3/c1-7(2)11-10(6-17(3)16-11)9-4-8(13)5-15-12(9)14/h4-7H,1-3H3. The predicted molar refractivity (Wildman–Crippen MR) is 65.5 cm³/mol. The quantitative estimate of drug-likeness (QED) is 0.768. The van der Waals surface area contributed by atoms with Crippen molar-refractivity contribution in [2.24, 2.45) is 7.05 Å². The van der Waals surface area contributed by atoms with Crippen molar-refractivity contribution in [3.63, 3.8) is 0 Å². The Hall–Kier alpha value is -1.42. The second-order valence-electron chi connectivity index (χ2n) is 4.25. The molecule has 3 nitrogen and oxygen atoms in total. The lowest BCUT2D eigenvalue weighted by Crippen LogP contribution is -1.95. The first-order valence-electron chi connectivity index (χ1n) is 5.34. The molecule has 2 heterocycles. The molecule has 0 radical (unpaired) electrons. The number of nitrogens with zero attached hydrogens (tertiary/aromatic N) is 3. The number of aromatic nitrogens is 3. The summed E-state index contributed by atoms with van der Waals surface area (Å²) in [6, 6.07) is 1.58. The number of aryl methyl sites for hydroxylation is 1. The normalized spacial score (nSPS) is 11.2. The summed E-state index contributed by atoms with van der Waals surface area (Å²) in [5, 5.41) is 4.75. The molecule has 0 unspecified atom stereocenters. The average molecular weight is 254 g/mol. The second kappa shape index (κ2) is 4.45. The van der Waals surface area contributed by atoms with Crippen LogP contribution >= 0.6 is 11.6 Å². The Morgan fingerprint density at radius 1 is 1.35 bits per heavy atom. The molecular formula is C12H13ClFN3. The summed E-state index contributed by atoms with van der Waals surface area (Å²) < 4.78 is 15.4. The maximum Gasteiger partial charge on any atom is 0.220 e. The lowest BCUT2D eigenvalue weighted by Gasteiger charge is -2.06. The number of halogens is 2. The van der Waals surface area contributed by atoms with Crippen molar-refractivity contribution in [2.45, 2.75) is 19.8 Å². The van der Waals surface area contributed by atoms with Crippen molar-refractivity contribution < 1.29 is 4.39 Å². The third-order valence-corrected chi connectivity index (χ3v) is 2.71. The lowest BCUT2D eigenvalue weighted by molar-refractivity contribution is 0.587. The van der Waals surface area contributed by atoms with Crippen LogP contribution < -0.4 is 0 Å². The summed E-state index contributed by atoms with van der Waals surface area (Å²) in [5.74, 6) is -0.311. The number of hydrogen-bond donors (Lipinski definition) is 0. The van der Waals surface area contributed by atoms with E-state index in [4.69, 9.17) is 11.6 Å². The van der Waals surface area contributed by atoms with Crippen molar-refractivity contribution in [1.29, 1.82) is 0 Å². The molecule has 90 valence electrons. The minimum atomic E-state index is -0.524. The van der Waals surface area contributed by atoms with Gasteiger partial charge in [0.15, 0.2) is 0 Å². The molecule has 0 saturated heterocycles. The molecule has 2 aromatic rings. The average Bonchev–Trinajstić information content (AvgIpc) is 2.64. The van der Waals surface area contributed by atoms with E-state index in [1.165, 1.54) is 6.20 Å². The molecule has 0 fully saturated rings. The number of pyridine rings is 1. The first-order chi connectivity index (χ1) is 7.99. The van der Waals surface area contributed by atoms with Gasteiger partial charge < -0.3 is 0 Å². The van der Waals surface area contributed by atoms with Gasteiger partial charge in [-0.15, -0.1) is 0 Å². The van der Waals surface area contributed by atoms with Gasteiger partial charge in [0.2, 0.25) is 5.95 Å². The minimum absolute atomic E-state index is 0.213. The van der Waals surface area contributed by atoms with Crippen LogP contribution in [-0.4, -0.2) is 14.8 Å². The molecule has 0 aromatic carbocycles. The topological polar surface area (TPSA) is 30.7 Å². The lowest BCUT2D eigenvalue weighted by atomic mass is 10.0. The van der Waals surface area contributed by atoms with E-state index in [1.54, 1.807) is 16.9 Å². The molecule has 0 aliphatic carbocycles. The van der Waals surface area contributed by atoms with Crippen molar-refractivity contribution in [1.82, 2.24) is 14.8 Å². The number of rotatable bonds is 2. The minimum Gasteiger partial charge on any atom is -0.275 e. The zero-order valence-electron chi connectivity index (χ0n) is 9.91. The zero-order chi connectivity index (χ0) is 12.6. The summed E-state index contributed by atoms with van der Waals surface area (Å²) in [7, 11) is 1.81. The van der Waals surface area contributed by atoms with Crippen LogP contribution in [-0.2, 0) is 7.05 Å². The van der Waals surface area contributed by atoms with Crippen LogP contribution in [0.4, 0.5) is 4.39 Å². The fourth-order valence-corrected chi connectivity index (χ4v) is 1.91. The van der Waals surface area contributed by atoms with E-state index in [-0.39, 0.29) is 5.92 Å². The Kier molecular flexibility index (Phi) is 3.15. The second-order valence-corrected chi connectivity index (χ2v) is 4.68. The zero-order valence-corrected chi connectivity index (χ0v) is 10.7. The smallest absolute Gasteiger partial charge is 0.220 e. The highest BCUT2D eigenvalue weighted by molar-refractivity contribution is 6.30. The van der Waals surface area contributed by atoms with Crippen molar-refractivity contribution in [3.05, 3.63) is 35.1 Å². The third kappa shape index (κ3) is 2.31. The summed E-state index contributed by atoms with van der Waals surface area (Å²) in [6.45, 7) is 4.03. The molecule has 0 spiro atoms. The van der Waals surface area contributed by atoms with Crippen LogP contribution in [0.1, 0.15) is 25.5 Å². The van der Waals surface area contributed by atoms with E-state index < -0.39 is 5.95 Å². The largest absolute Gasteiger partial charge is 0.275 e. The summed E-state index contributed by atoms with van der Waals surface area (Å²) in [5.41, 5.74) is 1.99. The van der Waals surface area contributed by atoms with Gasteiger partial charge in [-0.1, -0.05) is 25.4 Å².